The largest absolute Gasteiger partial charge is 0.373 e. The minimum absolute atomic E-state index is 0.461. The fourth-order valence-electron chi connectivity index (χ4n) is 0.491. The predicted octanol–water partition coefficient (Wildman–Crippen LogP) is -0.160. The Morgan fingerprint density at radius 1 is 1.75 bits per heavy atom. The molecule has 0 aromatic heterocycles. The Labute approximate surface area is 47.7 Å². The van der Waals surface area contributed by atoms with Crippen LogP contribution in [0.15, 0.2) is 17.3 Å². The highest BCUT2D eigenvalue weighted by molar-refractivity contribution is 5.55. The first kappa shape index (κ1) is 5.31. The van der Waals surface area contributed by atoms with Gasteiger partial charge in [0, 0.05) is 12.6 Å². The Morgan fingerprint density at radius 3 is 3.50 bits per heavy atom. The number of hydrogen-bond acceptors (Lipinski definition) is 3. The van der Waals surface area contributed by atoms with Gasteiger partial charge in [0.05, 0.1) is 6.34 Å². The number of hydrogen-bond donors (Lipinski definition) is 2. The van der Waals surface area contributed by atoms with Gasteiger partial charge in [0.25, 0.3) is 0 Å². The minimum Gasteiger partial charge on any atom is -0.373 e. The van der Waals surface area contributed by atoms with Crippen molar-refractivity contribution in [3.8, 4) is 0 Å². The van der Waals surface area contributed by atoms with Gasteiger partial charge in [0.15, 0.2) is 0 Å². The molecule has 1 rings (SSSR count). The van der Waals surface area contributed by atoms with E-state index < -0.39 is 6.23 Å². The summed E-state index contributed by atoms with van der Waals surface area (Å²) in [5.74, 6) is 0. The molecule has 1 atom stereocenters. The highest BCUT2D eigenvalue weighted by Crippen LogP contribution is 1.90. The van der Waals surface area contributed by atoms with Crippen LogP contribution in [0.4, 0.5) is 0 Å². The lowest BCUT2D eigenvalue weighted by Gasteiger charge is -2.02. The second kappa shape index (κ2) is 2.47. The van der Waals surface area contributed by atoms with Crippen LogP contribution in [0.2, 0.25) is 0 Å². The van der Waals surface area contributed by atoms with Crippen molar-refractivity contribution in [1.82, 2.24) is 5.32 Å². The molecule has 0 spiro atoms. The Hall–Kier alpha value is -0.830. The highest BCUT2D eigenvalue weighted by atomic mass is 16.3. The van der Waals surface area contributed by atoms with Crippen LogP contribution in [0.1, 0.15) is 6.42 Å². The maximum absolute atomic E-state index is 8.84. The van der Waals surface area contributed by atoms with E-state index in [2.05, 4.69) is 10.3 Å². The molecule has 1 heterocycles. The van der Waals surface area contributed by atoms with Crippen molar-refractivity contribution < 1.29 is 5.11 Å². The van der Waals surface area contributed by atoms with Gasteiger partial charge in [-0.25, -0.2) is 4.99 Å². The van der Waals surface area contributed by atoms with E-state index in [1.807, 2.05) is 0 Å². The first-order chi connectivity index (χ1) is 3.89. The van der Waals surface area contributed by atoms with E-state index >= 15 is 0 Å². The zero-order valence-corrected chi connectivity index (χ0v) is 4.41. The summed E-state index contributed by atoms with van der Waals surface area (Å²) in [7, 11) is 0. The molecule has 0 bridgehead atoms. The van der Waals surface area contributed by atoms with Crippen LogP contribution >= 0.6 is 0 Å². The van der Waals surface area contributed by atoms with E-state index in [0.29, 0.717) is 6.42 Å². The van der Waals surface area contributed by atoms with Gasteiger partial charge >= 0.3 is 0 Å². The van der Waals surface area contributed by atoms with Gasteiger partial charge in [-0.1, -0.05) is 6.08 Å². The summed E-state index contributed by atoms with van der Waals surface area (Å²) in [5, 5.41) is 11.5. The third-order valence-corrected chi connectivity index (χ3v) is 0.892. The topological polar surface area (TPSA) is 44.6 Å². The van der Waals surface area contributed by atoms with Crippen molar-refractivity contribution in [2.75, 3.05) is 0 Å². The number of aliphatic imine (C=N–C) groups is 1. The van der Waals surface area contributed by atoms with Crippen LogP contribution in [-0.4, -0.2) is 17.7 Å². The fraction of sp³-hybridized carbons (Fsp3) is 0.400. The monoisotopic (exact) mass is 112 g/mol. The van der Waals surface area contributed by atoms with Gasteiger partial charge < -0.3 is 10.4 Å². The Morgan fingerprint density at radius 2 is 2.62 bits per heavy atom. The van der Waals surface area contributed by atoms with Crippen LogP contribution < -0.4 is 5.32 Å². The summed E-state index contributed by atoms with van der Waals surface area (Å²) >= 11 is 0. The molecule has 0 aromatic carbocycles. The van der Waals surface area contributed by atoms with Crippen molar-refractivity contribution >= 4 is 6.34 Å². The molecule has 0 amide bonds. The third kappa shape index (κ3) is 1.35. The number of nitrogens with one attached hydrogen (secondary N) is 1. The van der Waals surface area contributed by atoms with Crippen molar-refractivity contribution in [3.05, 3.63) is 12.3 Å². The van der Waals surface area contributed by atoms with Crippen molar-refractivity contribution in [2.45, 2.75) is 12.6 Å². The number of aliphatic hydroxyl groups is 1. The predicted molar refractivity (Wildman–Crippen MR) is 31.4 cm³/mol. The zero-order valence-electron chi connectivity index (χ0n) is 4.41. The lowest BCUT2D eigenvalue weighted by Crippen LogP contribution is -2.25. The zero-order chi connectivity index (χ0) is 5.82. The molecular formula is C5H8N2O. The molecule has 1 unspecified atom stereocenters. The van der Waals surface area contributed by atoms with Crippen molar-refractivity contribution in [1.29, 1.82) is 0 Å². The molecule has 1 aliphatic rings. The lowest BCUT2D eigenvalue weighted by atomic mass is 10.4. The molecule has 0 radical (unpaired) electrons. The molecular weight excluding hydrogens is 104 g/mol. The van der Waals surface area contributed by atoms with E-state index in [-0.39, 0.29) is 0 Å². The van der Waals surface area contributed by atoms with Gasteiger partial charge in [-0.3, -0.25) is 0 Å². The Bertz CT molecular complexity index is 106. The standard InChI is InChI=1S/C5H8N2O/c8-5-2-1-3-6-4-7-5/h1,3-5,8H,2H2,(H,6,7). The summed E-state index contributed by atoms with van der Waals surface area (Å²) in [6.45, 7) is 0. The average molecular weight is 112 g/mol. The molecule has 3 heteroatoms. The van der Waals surface area contributed by atoms with E-state index in [4.69, 9.17) is 5.11 Å². The number of aliphatic hydroxyl groups excluding tert-OH is 1. The molecule has 0 fully saturated rings. The maximum atomic E-state index is 8.84. The maximum Gasteiger partial charge on any atom is 0.128 e. The molecule has 3 nitrogen and oxygen atoms in total. The summed E-state index contributed by atoms with van der Waals surface area (Å²) in [6.07, 6.45) is 5.11. The molecule has 2 N–H and O–H groups in total. The lowest BCUT2D eigenvalue weighted by molar-refractivity contribution is 0.165. The van der Waals surface area contributed by atoms with E-state index in [1.54, 1.807) is 12.3 Å². The number of rotatable bonds is 0. The third-order valence-electron chi connectivity index (χ3n) is 0.892. The van der Waals surface area contributed by atoms with E-state index in [1.165, 1.54) is 6.34 Å². The summed E-state index contributed by atoms with van der Waals surface area (Å²) < 4.78 is 0. The number of nitrogens with zero attached hydrogens (tertiary/aromatic N) is 1. The molecule has 1 aliphatic heterocycles. The summed E-state index contributed by atoms with van der Waals surface area (Å²) in [4.78, 5) is 3.74. The van der Waals surface area contributed by atoms with Crippen molar-refractivity contribution in [3.63, 3.8) is 0 Å². The molecule has 0 saturated carbocycles. The van der Waals surface area contributed by atoms with Crippen molar-refractivity contribution in [2.24, 2.45) is 4.99 Å². The van der Waals surface area contributed by atoms with E-state index in [9.17, 15) is 0 Å². The normalized spacial score (nSPS) is 26.9. The van der Waals surface area contributed by atoms with Crippen LogP contribution in [0.25, 0.3) is 0 Å². The van der Waals surface area contributed by atoms with Gasteiger partial charge in [-0.2, -0.15) is 0 Å². The minimum atomic E-state index is -0.461. The van der Waals surface area contributed by atoms with Gasteiger partial charge in [0.2, 0.25) is 0 Å². The Balaban J connectivity index is 2.45. The molecule has 44 valence electrons. The van der Waals surface area contributed by atoms with Crippen LogP contribution in [0.5, 0.6) is 0 Å². The van der Waals surface area contributed by atoms with Gasteiger partial charge in [-0.15, -0.1) is 0 Å². The molecule has 8 heavy (non-hydrogen) atoms. The van der Waals surface area contributed by atoms with E-state index in [0.717, 1.165) is 0 Å². The smallest absolute Gasteiger partial charge is 0.128 e. The molecule has 0 saturated heterocycles. The SMILES string of the molecule is OC1CC=CN=CN1. The Kier molecular flexibility index (Phi) is 1.64. The first-order valence-electron chi connectivity index (χ1n) is 2.50. The van der Waals surface area contributed by atoms with Gasteiger partial charge in [-0.05, 0) is 0 Å². The molecule has 0 aliphatic carbocycles. The van der Waals surface area contributed by atoms with Crippen LogP contribution in [-0.2, 0) is 0 Å². The summed E-state index contributed by atoms with van der Waals surface area (Å²) in [6, 6.07) is 0. The van der Waals surface area contributed by atoms with Gasteiger partial charge in [0.1, 0.15) is 6.23 Å². The quantitative estimate of drug-likeness (QED) is 0.457. The fourth-order valence-corrected chi connectivity index (χ4v) is 0.491. The van der Waals surface area contributed by atoms with Crippen LogP contribution in [0, 0.1) is 0 Å². The second-order valence-electron chi connectivity index (χ2n) is 1.58. The molecule has 0 aromatic rings. The average Bonchev–Trinajstić information content (AvgIpc) is 1.94. The van der Waals surface area contributed by atoms with Crippen LogP contribution in [0.3, 0.4) is 0 Å². The highest BCUT2D eigenvalue weighted by Gasteiger charge is 1.96. The first-order valence-corrected chi connectivity index (χ1v) is 2.50. The second-order valence-corrected chi connectivity index (χ2v) is 1.58. The summed E-state index contributed by atoms with van der Waals surface area (Å²) in [5.41, 5.74) is 0.